The maximum Gasteiger partial charge on any atom is 0.490 e. The molecule has 0 fully saturated rings. The van der Waals surface area contributed by atoms with Gasteiger partial charge in [-0.05, 0) is 24.1 Å². The van der Waals surface area contributed by atoms with Crippen LogP contribution in [0.5, 0.6) is 0 Å². The van der Waals surface area contributed by atoms with Gasteiger partial charge in [-0.1, -0.05) is 6.07 Å². The van der Waals surface area contributed by atoms with Gasteiger partial charge in [0, 0.05) is 18.5 Å². The molecule has 1 aromatic rings. The number of hydrogen-bond donors (Lipinski definition) is 2. The van der Waals surface area contributed by atoms with E-state index in [0.29, 0.717) is 4.90 Å². The second kappa shape index (κ2) is 5.70. The van der Waals surface area contributed by atoms with Gasteiger partial charge in [-0.15, -0.1) is 0 Å². The van der Waals surface area contributed by atoms with E-state index in [9.17, 15) is 21.6 Å². The molecule has 0 amide bonds. The maximum absolute atomic E-state index is 11.4. The van der Waals surface area contributed by atoms with Crippen LogP contribution in [0.15, 0.2) is 23.1 Å². The first-order valence-corrected chi connectivity index (χ1v) is 7.28. The van der Waals surface area contributed by atoms with Crippen LogP contribution in [0.25, 0.3) is 0 Å². The molecule has 1 aromatic carbocycles. The third-order valence-corrected chi connectivity index (χ3v) is 3.65. The summed E-state index contributed by atoms with van der Waals surface area (Å²) in [5.41, 5.74) is 1.90. The summed E-state index contributed by atoms with van der Waals surface area (Å²) in [6, 6.07) is 5.35. The lowest BCUT2D eigenvalue weighted by atomic mass is 10.2. The van der Waals surface area contributed by atoms with Gasteiger partial charge in [0.05, 0.1) is 4.90 Å². The summed E-state index contributed by atoms with van der Waals surface area (Å²) >= 11 is 0. The van der Waals surface area contributed by atoms with Crippen LogP contribution in [-0.4, -0.2) is 38.5 Å². The number of halogens is 3. The Morgan fingerprint density at radius 2 is 1.90 bits per heavy atom. The third kappa shape index (κ3) is 4.12. The molecule has 1 heterocycles. The molecular formula is C11H12F3NO4S. The van der Waals surface area contributed by atoms with Gasteiger partial charge >= 0.3 is 12.1 Å². The number of fused-ring (bicyclic) bond motifs is 1. The van der Waals surface area contributed by atoms with E-state index >= 15 is 0 Å². The number of aliphatic carboxylic acids is 1. The Balaban J connectivity index is 0.000000246. The molecule has 2 N–H and O–H groups in total. The molecule has 0 radical (unpaired) electrons. The molecule has 0 saturated carbocycles. The molecule has 0 spiro atoms. The molecular weight excluding hydrogens is 299 g/mol. The minimum absolute atomic E-state index is 0.468. The van der Waals surface area contributed by atoms with E-state index in [1.54, 1.807) is 12.1 Å². The molecule has 20 heavy (non-hydrogen) atoms. The summed E-state index contributed by atoms with van der Waals surface area (Å²) in [4.78, 5) is 9.36. The lowest BCUT2D eigenvalue weighted by Crippen LogP contribution is -2.21. The Morgan fingerprint density at radius 3 is 2.35 bits per heavy atom. The van der Waals surface area contributed by atoms with Gasteiger partial charge in [0.15, 0.2) is 9.84 Å². The third-order valence-electron chi connectivity index (χ3n) is 2.47. The van der Waals surface area contributed by atoms with Crippen molar-refractivity contribution in [3.8, 4) is 0 Å². The van der Waals surface area contributed by atoms with Crippen molar-refractivity contribution in [2.24, 2.45) is 0 Å². The standard InChI is InChI=1S/C9H11NO2S.C2HF3O2/c1-13(11,12)9-4-2-3-8-7(9)5-6-10-8;3-2(4,5)1(6)7/h2-4,10H,5-6H2,1H3;(H,6,7). The fraction of sp³-hybridized carbons (Fsp3) is 0.364. The number of alkyl halides is 3. The molecule has 2 rings (SSSR count). The fourth-order valence-electron chi connectivity index (χ4n) is 1.66. The molecule has 0 unspecified atom stereocenters. The summed E-state index contributed by atoms with van der Waals surface area (Å²) in [5, 5.41) is 10.3. The van der Waals surface area contributed by atoms with E-state index in [-0.39, 0.29) is 0 Å². The Bertz CT molecular complexity index is 611. The van der Waals surface area contributed by atoms with E-state index in [2.05, 4.69) is 5.32 Å². The Morgan fingerprint density at radius 1 is 1.35 bits per heavy atom. The first-order valence-electron chi connectivity index (χ1n) is 5.39. The first kappa shape index (κ1) is 16.3. The highest BCUT2D eigenvalue weighted by molar-refractivity contribution is 7.90. The topological polar surface area (TPSA) is 83.5 Å². The highest BCUT2D eigenvalue weighted by Crippen LogP contribution is 2.28. The number of hydrogen-bond acceptors (Lipinski definition) is 4. The van der Waals surface area contributed by atoms with Crippen molar-refractivity contribution in [2.45, 2.75) is 17.5 Å². The second-order valence-electron chi connectivity index (χ2n) is 4.03. The Labute approximate surface area is 113 Å². The van der Waals surface area contributed by atoms with E-state index in [1.807, 2.05) is 6.07 Å². The number of nitrogens with one attached hydrogen (secondary N) is 1. The van der Waals surface area contributed by atoms with E-state index in [1.165, 1.54) is 6.26 Å². The molecule has 112 valence electrons. The summed E-state index contributed by atoms with van der Waals surface area (Å²) in [7, 11) is -3.07. The number of anilines is 1. The van der Waals surface area contributed by atoms with Gasteiger partial charge < -0.3 is 10.4 Å². The summed E-state index contributed by atoms with van der Waals surface area (Å²) in [5.74, 6) is -2.76. The van der Waals surface area contributed by atoms with Crippen molar-refractivity contribution in [1.82, 2.24) is 0 Å². The minimum Gasteiger partial charge on any atom is -0.475 e. The molecule has 9 heteroatoms. The van der Waals surface area contributed by atoms with E-state index in [4.69, 9.17) is 9.90 Å². The van der Waals surface area contributed by atoms with Gasteiger partial charge in [0.1, 0.15) is 0 Å². The minimum atomic E-state index is -5.08. The Hall–Kier alpha value is -1.77. The molecule has 1 aliphatic rings. The zero-order valence-electron chi connectivity index (χ0n) is 10.4. The predicted molar refractivity (Wildman–Crippen MR) is 65.4 cm³/mol. The number of carboxylic acids is 1. The quantitative estimate of drug-likeness (QED) is 0.824. The van der Waals surface area contributed by atoms with Crippen molar-refractivity contribution in [3.63, 3.8) is 0 Å². The van der Waals surface area contributed by atoms with Crippen LogP contribution in [0.2, 0.25) is 0 Å². The monoisotopic (exact) mass is 311 g/mol. The summed E-state index contributed by atoms with van der Waals surface area (Å²) in [6.07, 6.45) is -3.03. The van der Waals surface area contributed by atoms with Crippen LogP contribution in [0.4, 0.5) is 18.9 Å². The molecule has 0 atom stereocenters. The number of carbonyl (C=O) groups is 1. The van der Waals surface area contributed by atoms with Crippen LogP contribution < -0.4 is 5.32 Å². The fourth-order valence-corrected chi connectivity index (χ4v) is 2.64. The van der Waals surface area contributed by atoms with Crippen LogP contribution in [0.1, 0.15) is 5.56 Å². The zero-order valence-corrected chi connectivity index (χ0v) is 11.2. The lowest BCUT2D eigenvalue weighted by Gasteiger charge is -2.04. The van der Waals surface area contributed by atoms with Crippen molar-refractivity contribution < 1.29 is 31.5 Å². The average molecular weight is 311 g/mol. The first-order chi connectivity index (χ1) is 9.03. The second-order valence-corrected chi connectivity index (χ2v) is 6.02. The van der Waals surface area contributed by atoms with Crippen LogP contribution in [0.3, 0.4) is 0 Å². The largest absolute Gasteiger partial charge is 0.490 e. The summed E-state index contributed by atoms with van der Waals surface area (Å²) in [6.45, 7) is 0.835. The molecule has 0 aromatic heterocycles. The van der Waals surface area contributed by atoms with Crippen molar-refractivity contribution in [2.75, 3.05) is 18.1 Å². The van der Waals surface area contributed by atoms with Crippen molar-refractivity contribution in [1.29, 1.82) is 0 Å². The highest BCUT2D eigenvalue weighted by atomic mass is 32.2. The predicted octanol–water partition coefficient (Wildman–Crippen LogP) is 1.69. The Kier molecular flexibility index (Phi) is 4.64. The normalized spacial score (nSPS) is 13.8. The van der Waals surface area contributed by atoms with Gasteiger partial charge in [-0.25, -0.2) is 13.2 Å². The number of benzene rings is 1. The number of carboxylic acid groups (broad SMARTS) is 1. The zero-order chi connectivity index (χ0) is 15.6. The van der Waals surface area contributed by atoms with Crippen LogP contribution in [-0.2, 0) is 21.1 Å². The molecule has 0 bridgehead atoms. The van der Waals surface area contributed by atoms with Gasteiger partial charge in [0.25, 0.3) is 0 Å². The molecule has 1 aliphatic heterocycles. The van der Waals surface area contributed by atoms with Crippen LogP contribution in [0, 0.1) is 0 Å². The van der Waals surface area contributed by atoms with E-state index < -0.39 is 22.0 Å². The van der Waals surface area contributed by atoms with Gasteiger partial charge in [0.2, 0.25) is 0 Å². The van der Waals surface area contributed by atoms with Crippen LogP contribution >= 0.6 is 0 Å². The maximum atomic E-state index is 11.4. The lowest BCUT2D eigenvalue weighted by molar-refractivity contribution is -0.192. The van der Waals surface area contributed by atoms with Crippen molar-refractivity contribution >= 4 is 21.5 Å². The number of sulfone groups is 1. The average Bonchev–Trinajstić information content (AvgIpc) is 2.74. The SMILES string of the molecule is CS(=O)(=O)c1cccc2c1CCN2.O=C(O)C(F)(F)F. The molecule has 5 nitrogen and oxygen atoms in total. The van der Waals surface area contributed by atoms with Gasteiger partial charge in [-0.3, -0.25) is 0 Å². The highest BCUT2D eigenvalue weighted by Gasteiger charge is 2.38. The van der Waals surface area contributed by atoms with E-state index in [0.717, 1.165) is 24.2 Å². The van der Waals surface area contributed by atoms with Crippen molar-refractivity contribution in [3.05, 3.63) is 23.8 Å². The number of rotatable bonds is 1. The molecule has 0 aliphatic carbocycles. The smallest absolute Gasteiger partial charge is 0.475 e. The molecule has 0 saturated heterocycles. The van der Waals surface area contributed by atoms with Gasteiger partial charge in [-0.2, -0.15) is 13.2 Å². The summed E-state index contributed by atoms with van der Waals surface area (Å²) < 4.78 is 54.5.